The molecule has 0 unspecified atom stereocenters. The standard InChI is InChI=1S/C28H15BrO2/c29-22-10-12-25-28(21-13-16-5-1-2-6-17(16)15-26(21)31-25)27(22)18-9-11-24-20(14-18)19-7-3-4-8-23(19)30-24/h1-15H. The molecule has 31 heavy (non-hydrogen) atoms. The molecule has 0 aliphatic rings. The number of rotatable bonds is 1. The summed E-state index contributed by atoms with van der Waals surface area (Å²) in [5, 5.41) is 6.89. The fourth-order valence-corrected chi connectivity index (χ4v) is 5.25. The van der Waals surface area contributed by atoms with Gasteiger partial charge < -0.3 is 8.83 Å². The molecule has 7 rings (SSSR count). The maximum absolute atomic E-state index is 6.28. The van der Waals surface area contributed by atoms with Gasteiger partial charge in [-0.3, -0.25) is 0 Å². The molecule has 0 radical (unpaired) electrons. The molecule has 0 saturated carbocycles. The lowest BCUT2D eigenvalue weighted by atomic mass is 9.97. The van der Waals surface area contributed by atoms with Gasteiger partial charge in [0.2, 0.25) is 0 Å². The predicted molar refractivity (Wildman–Crippen MR) is 132 cm³/mol. The van der Waals surface area contributed by atoms with Crippen LogP contribution in [0.1, 0.15) is 0 Å². The highest BCUT2D eigenvalue weighted by molar-refractivity contribution is 9.10. The second kappa shape index (κ2) is 6.22. The van der Waals surface area contributed by atoms with Crippen LogP contribution in [0.3, 0.4) is 0 Å². The van der Waals surface area contributed by atoms with Crippen molar-refractivity contribution in [2.75, 3.05) is 0 Å². The Morgan fingerprint density at radius 3 is 2.13 bits per heavy atom. The maximum atomic E-state index is 6.28. The van der Waals surface area contributed by atoms with Gasteiger partial charge in [0.05, 0.1) is 0 Å². The van der Waals surface area contributed by atoms with Crippen molar-refractivity contribution in [3.05, 3.63) is 95.5 Å². The van der Waals surface area contributed by atoms with Gasteiger partial charge in [0.15, 0.2) is 0 Å². The van der Waals surface area contributed by atoms with Crippen LogP contribution in [0.4, 0.5) is 0 Å². The van der Waals surface area contributed by atoms with Gasteiger partial charge in [0.1, 0.15) is 22.3 Å². The minimum atomic E-state index is 0.889. The van der Waals surface area contributed by atoms with Crippen molar-refractivity contribution in [1.82, 2.24) is 0 Å². The normalized spacial score (nSPS) is 12.0. The molecule has 0 amide bonds. The van der Waals surface area contributed by atoms with Crippen molar-refractivity contribution in [2.24, 2.45) is 0 Å². The van der Waals surface area contributed by atoms with Crippen LogP contribution in [0, 0.1) is 0 Å². The molecule has 0 aliphatic heterocycles. The van der Waals surface area contributed by atoms with Gasteiger partial charge in [-0.2, -0.15) is 0 Å². The van der Waals surface area contributed by atoms with Crippen LogP contribution in [0.25, 0.3) is 65.8 Å². The van der Waals surface area contributed by atoms with Crippen molar-refractivity contribution >= 4 is 70.6 Å². The predicted octanol–water partition coefficient (Wildman–Crippen LogP) is 9.07. The van der Waals surface area contributed by atoms with Crippen LogP contribution in [-0.2, 0) is 0 Å². The number of hydrogen-bond donors (Lipinski definition) is 0. The average molecular weight is 463 g/mol. The van der Waals surface area contributed by atoms with Crippen LogP contribution in [0.2, 0.25) is 0 Å². The van der Waals surface area contributed by atoms with Gasteiger partial charge in [-0.15, -0.1) is 0 Å². The number of para-hydroxylation sites is 1. The summed E-state index contributed by atoms with van der Waals surface area (Å²) in [7, 11) is 0. The molecule has 7 aromatic rings. The molecular weight excluding hydrogens is 448 g/mol. The molecule has 146 valence electrons. The Balaban J connectivity index is 1.60. The fraction of sp³-hybridized carbons (Fsp3) is 0. The third-order valence-electron chi connectivity index (χ3n) is 6.12. The average Bonchev–Trinajstić information content (AvgIpc) is 3.35. The largest absolute Gasteiger partial charge is 0.456 e. The number of benzene rings is 5. The van der Waals surface area contributed by atoms with Crippen LogP contribution in [0.15, 0.2) is 104 Å². The summed E-state index contributed by atoms with van der Waals surface area (Å²) in [6, 6.07) is 31.5. The topological polar surface area (TPSA) is 26.3 Å². The number of halogens is 1. The highest BCUT2D eigenvalue weighted by Crippen LogP contribution is 2.43. The Labute approximate surface area is 185 Å². The third kappa shape index (κ3) is 2.44. The van der Waals surface area contributed by atoms with Crippen molar-refractivity contribution in [2.45, 2.75) is 0 Å². The fourth-order valence-electron chi connectivity index (χ4n) is 4.69. The van der Waals surface area contributed by atoms with Crippen LogP contribution >= 0.6 is 15.9 Å². The maximum Gasteiger partial charge on any atom is 0.136 e. The van der Waals surface area contributed by atoms with E-state index in [0.29, 0.717) is 0 Å². The van der Waals surface area contributed by atoms with E-state index in [2.05, 4.69) is 88.7 Å². The first kappa shape index (κ1) is 17.2. The zero-order valence-electron chi connectivity index (χ0n) is 16.4. The summed E-state index contributed by atoms with van der Waals surface area (Å²) in [6.45, 7) is 0. The van der Waals surface area contributed by atoms with E-state index < -0.39 is 0 Å². The minimum Gasteiger partial charge on any atom is -0.456 e. The van der Waals surface area contributed by atoms with E-state index in [-0.39, 0.29) is 0 Å². The first-order chi connectivity index (χ1) is 15.3. The summed E-state index contributed by atoms with van der Waals surface area (Å²) in [5.41, 5.74) is 5.87. The third-order valence-corrected chi connectivity index (χ3v) is 6.78. The summed E-state index contributed by atoms with van der Waals surface area (Å²) >= 11 is 3.81. The first-order valence-corrected chi connectivity index (χ1v) is 11.0. The van der Waals surface area contributed by atoms with E-state index in [1.54, 1.807) is 0 Å². The molecule has 0 spiro atoms. The smallest absolute Gasteiger partial charge is 0.136 e. The summed E-state index contributed by atoms with van der Waals surface area (Å²) in [4.78, 5) is 0. The van der Waals surface area contributed by atoms with E-state index in [9.17, 15) is 0 Å². The molecule has 2 heterocycles. The Kier molecular flexibility index (Phi) is 3.44. The zero-order chi connectivity index (χ0) is 20.5. The van der Waals surface area contributed by atoms with Crippen LogP contribution < -0.4 is 0 Å². The summed E-state index contributed by atoms with van der Waals surface area (Å²) < 4.78 is 13.4. The van der Waals surface area contributed by atoms with Crippen molar-refractivity contribution in [3.8, 4) is 11.1 Å². The lowest BCUT2D eigenvalue weighted by molar-refractivity contribution is 0.669. The quantitative estimate of drug-likeness (QED) is 0.243. The van der Waals surface area contributed by atoms with Crippen LogP contribution in [-0.4, -0.2) is 0 Å². The van der Waals surface area contributed by atoms with E-state index in [4.69, 9.17) is 8.83 Å². The van der Waals surface area contributed by atoms with Gasteiger partial charge in [0.25, 0.3) is 0 Å². The lowest BCUT2D eigenvalue weighted by Gasteiger charge is -2.08. The molecule has 3 heteroatoms. The molecular formula is C28H15BrO2. The molecule has 0 bridgehead atoms. The zero-order valence-corrected chi connectivity index (χ0v) is 17.9. The SMILES string of the molecule is Brc1ccc2oc3cc4ccccc4cc3c2c1-c1ccc2oc3ccccc3c2c1. The molecule has 0 aliphatic carbocycles. The molecule has 5 aromatic carbocycles. The highest BCUT2D eigenvalue weighted by atomic mass is 79.9. The monoisotopic (exact) mass is 462 g/mol. The first-order valence-electron chi connectivity index (χ1n) is 10.2. The number of furan rings is 2. The van der Waals surface area contributed by atoms with Gasteiger partial charge in [-0.05, 0) is 58.8 Å². The number of hydrogen-bond acceptors (Lipinski definition) is 2. The van der Waals surface area contributed by atoms with Crippen molar-refractivity contribution in [1.29, 1.82) is 0 Å². The van der Waals surface area contributed by atoms with Gasteiger partial charge in [-0.25, -0.2) is 0 Å². The summed E-state index contributed by atoms with van der Waals surface area (Å²) in [5.74, 6) is 0. The second-order valence-electron chi connectivity index (χ2n) is 7.90. The molecule has 0 atom stereocenters. The van der Waals surface area contributed by atoms with Gasteiger partial charge in [0, 0.05) is 31.6 Å². The minimum absolute atomic E-state index is 0.889. The molecule has 2 nitrogen and oxygen atoms in total. The van der Waals surface area contributed by atoms with E-state index in [1.807, 2.05) is 18.2 Å². The molecule has 2 aromatic heterocycles. The highest BCUT2D eigenvalue weighted by Gasteiger charge is 2.17. The van der Waals surface area contributed by atoms with Crippen molar-refractivity contribution in [3.63, 3.8) is 0 Å². The molecule has 0 N–H and O–H groups in total. The van der Waals surface area contributed by atoms with E-state index in [0.717, 1.165) is 59.5 Å². The Bertz CT molecular complexity index is 1800. The summed E-state index contributed by atoms with van der Waals surface area (Å²) in [6.07, 6.45) is 0. The Morgan fingerprint density at radius 1 is 0.516 bits per heavy atom. The molecule has 0 saturated heterocycles. The second-order valence-corrected chi connectivity index (χ2v) is 8.76. The molecule has 0 fully saturated rings. The lowest BCUT2D eigenvalue weighted by Crippen LogP contribution is -1.83. The van der Waals surface area contributed by atoms with Gasteiger partial charge >= 0.3 is 0 Å². The van der Waals surface area contributed by atoms with Gasteiger partial charge in [-0.1, -0.05) is 64.5 Å². The van der Waals surface area contributed by atoms with E-state index in [1.165, 1.54) is 10.8 Å². The number of fused-ring (bicyclic) bond motifs is 7. The van der Waals surface area contributed by atoms with Crippen LogP contribution in [0.5, 0.6) is 0 Å². The Hall–Kier alpha value is -3.56. The van der Waals surface area contributed by atoms with Crippen molar-refractivity contribution < 1.29 is 8.83 Å². The Morgan fingerprint density at radius 2 is 1.23 bits per heavy atom. The van der Waals surface area contributed by atoms with E-state index >= 15 is 0 Å².